The number of hydrogen-bond donors (Lipinski definition) is 1. The topological polar surface area (TPSA) is 41.0 Å². The van der Waals surface area contributed by atoms with E-state index in [1.54, 1.807) is 12.4 Å². The minimum absolute atomic E-state index is 0.437. The van der Waals surface area contributed by atoms with Gasteiger partial charge in [0, 0.05) is 19.6 Å². The van der Waals surface area contributed by atoms with Crippen LogP contribution in [-0.4, -0.2) is 42.1 Å². The minimum Gasteiger partial charge on any atom is -0.318 e. The van der Waals surface area contributed by atoms with E-state index in [1.807, 2.05) is 14.1 Å². The van der Waals surface area contributed by atoms with Crippen molar-refractivity contribution in [3.63, 3.8) is 0 Å². The third kappa shape index (κ3) is 4.00. The van der Waals surface area contributed by atoms with Gasteiger partial charge in [-0.05, 0) is 14.1 Å². The monoisotopic (exact) mass is 214 g/mol. The zero-order valence-electron chi connectivity index (χ0n) is 8.50. The van der Waals surface area contributed by atoms with Gasteiger partial charge in [0.25, 0.3) is 0 Å². The van der Waals surface area contributed by atoms with Crippen molar-refractivity contribution >= 4 is 11.6 Å². The molecule has 0 saturated heterocycles. The Morgan fingerprint density at radius 2 is 2.21 bits per heavy atom. The van der Waals surface area contributed by atoms with Gasteiger partial charge in [-0.1, -0.05) is 11.6 Å². The van der Waals surface area contributed by atoms with E-state index in [0.717, 1.165) is 25.3 Å². The average molecular weight is 215 g/mol. The van der Waals surface area contributed by atoms with Gasteiger partial charge in [-0.2, -0.15) is 0 Å². The van der Waals surface area contributed by atoms with Crippen molar-refractivity contribution in [2.75, 3.05) is 27.2 Å². The van der Waals surface area contributed by atoms with Crippen LogP contribution in [0.2, 0.25) is 5.15 Å². The molecule has 14 heavy (non-hydrogen) atoms. The van der Waals surface area contributed by atoms with Gasteiger partial charge in [0.1, 0.15) is 5.15 Å². The van der Waals surface area contributed by atoms with Crippen molar-refractivity contribution in [1.82, 2.24) is 20.2 Å². The van der Waals surface area contributed by atoms with Crippen LogP contribution in [0, 0.1) is 0 Å². The lowest BCUT2D eigenvalue weighted by atomic mass is 10.4. The first-order chi connectivity index (χ1) is 6.72. The summed E-state index contributed by atoms with van der Waals surface area (Å²) in [6, 6.07) is 0. The summed E-state index contributed by atoms with van der Waals surface area (Å²) in [6.07, 6.45) is 3.28. The first-order valence-electron chi connectivity index (χ1n) is 4.52. The first-order valence-corrected chi connectivity index (χ1v) is 4.89. The Morgan fingerprint density at radius 1 is 1.43 bits per heavy atom. The summed E-state index contributed by atoms with van der Waals surface area (Å²) in [5.41, 5.74) is 0.938. The SMILES string of the molecule is CNCCN(C)Cc1cnc(Cl)cn1. The Balaban J connectivity index is 2.39. The standard InChI is InChI=1S/C9H15ClN4/c1-11-3-4-14(2)7-8-5-13-9(10)6-12-8/h5-6,11H,3-4,7H2,1-2H3. The van der Waals surface area contributed by atoms with Crippen LogP contribution in [0.25, 0.3) is 0 Å². The molecule has 0 aliphatic heterocycles. The number of hydrogen-bond acceptors (Lipinski definition) is 4. The maximum absolute atomic E-state index is 5.63. The lowest BCUT2D eigenvalue weighted by molar-refractivity contribution is 0.324. The molecular formula is C9H15ClN4. The third-order valence-corrected chi connectivity index (χ3v) is 2.04. The highest BCUT2D eigenvalue weighted by molar-refractivity contribution is 6.29. The van der Waals surface area contributed by atoms with Crippen LogP contribution in [0.1, 0.15) is 5.69 Å². The number of nitrogens with one attached hydrogen (secondary N) is 1. The molecule has 0 amide bonds. The fourth-order valence-electron chi connectivity index (χ4n) is 1.08. The molecule has 0 unspecified atom stereocenters. The van der Waals surface area contributed by atoms with Crippen LogP contribution in [0.4, 0.5) is 0 Å². The van der Waals surface area contributed by atoms with E-state index in [0.29, 0.717) is 5.15 Å². The molecule has 0 bridgehead atoms. The summed E-state index contributed by atoms with van der Waals surface area (Å²) in [5, 5.41) is 3.53. The molecule has 78 valence electrons. The molecule has 0 aliphatic rings. The van der Waals surface area contributed by atoms with Gasteiger partial charge >= 0.3 is 0 Å². The molecule has 0 spiro atoms. The molecule has 0 aromatic carbocycles. The zero-order valence-corrected chi connectivity index (χ0v) is 9.25. The Hall–Kier alpha value is -0.710. The van der Waals surface area contributed by atoms with Crippen LogP contribution in [0.3, 0.4) is 0 Å². The lowest BCUT2D eigenvalue weighted by Gasteiger charge is -2.15. The summed E-state index contributed by atoms with van der Waals surface area (Å²) in [6.45, 7) is 2.75. The fourth-order valence-corrected chi connectivity index (χ4v) is 1.18. The highest BCUT2D eigenvalue weighted by atomic mass is 35.5. The van der Waals surface area contributed by atoms with Crippen LogP contribution < -0.4 is 5.32 Å². The number of rotatable bonds is 5. The second kappa shape index (κ2) is 5.90. The zero-order chi connectivity index (χ0) is 10.4. The smallest absolute Gasteiger partial charge is 0.147 e. The van der Waals surface area contributed by atoms with Crippen molar-refractivity contribution in [2.45, 2.75) is 6.54 Å². The molecule has 1 rings (SSSR count). The molecule has 1 aromatic rings. The van der Waals surface area contributed by atoms with Gasteiger partial charge in [-0.25, -0.2) is 4.98 Å². The van der Waals surface area contributed by atoms with Gasteiger partial charge in [0.15, 0.2) is 0 Å². The third-order valence-electron chi connectivity index (χ3n) is 1.85. The Morgan fingerprint density at radius 3 is 2.79 bits per heavy atom. The van der Waals surface area contributed by atoms with E-state index in [1.165, 1.54) is 0 Å². The average Bonchev–Trinajstić information content (AvgIpc) is 2.18. The van der Waals surface area contributed by atoms with Crippen LogP contribution in [0.5, 0.6) is 0 Å². The predicted molar refractivity (Wildman–Crippen MR) is 57.3 cm³/mol. The Bertz CT molecular complexity index is 262. The summed E-state index contributed by atoms with van der Waals surface area (Å²) in [5.74, 6) is 0. The quantitative estimate of drug-likeness (QED) is 0.787. The molecule has 5 heteroatoms. The summed E-state index contributed by atoms with van der Waals surface area (Å²) < 4.78 is 0. The number of halogens is 1. The number of likely N-dealkylation sites (N-methyl/N-ethyl adjacent to an activating group) is 2. The minimum atomic E-state index is 0.437. The van der Waals surface area contributed by atoms with Crippen LogP contribution in [-0.2, 0) is 6.54 Å². The summed E-state index contributed by atoms with van der Waals surface area (Å²) in [4.78, 5) is 10.3. The van der Waals surface area contributed by atoms with E-state index >= 15 is 0 Å². The van der Waals surface area contributed by atoms with Crippen LogP contribution in [0.15, 0.2) is 12.4 Å². The van der Waals surface area contributed by atoms with Gasteiger partial charge in [-0.3, -0.25) is 9.88 Å². The maximum atomic E-state index is 5.63. The molecular weight excluding hydrogens is 200 g/mol. The van der Waals surface area contributed by atoms with Gasteiger partial charge in [0.2, 0.25) is 0 Å². The second-order valence-corrected chi connectivity index (χ2v) is 3.56. The van der Waals surface area contributed by atoms with Crippen molar-refractivity contribution in [3.8, 4) is 0 Å². The van der Waals surface area contributed by atoms with Gasteiger partial charge in [-0.15, -0.1) is 0 Å². The molecule has 0 aliphatic carbocycles. The molecule has 1 heterocycles. The van der Waals surface area contributed by atoms with Crippen molar-refractivity contribution in [1.29, 1.82) is 0 Å². The second-order valence-electron chi connectivity index (χ2n) is 3.17. The van der Waals surface area contributed by atoms with E-state index in [9.17, 15) is 0 Å². The highest BCUT2D eigenvalue weighted by Crippen LogP contribution is 2.02. The van der Waals surface area contributed by atoms with Crippen molar-refractivity contribution in [3.05, 3.63) is 23.2 Å². The molecule has 0 fully saturated rings. The van der Waals surface area contributed by atoms with E-state index in [2.05, 4.69) is 20.2 Å². The number of aromatic nitrogens is 2. The highest BCUT2D eigenvalue weighted by Gasteiger charge is 2.00. The predicted octanol–water partition coefficient (Wildman–Crippen LogP) is 0.781. The normalized spacial score (nSPS) is 10.9. The first kappa shape index (κ1) is 11.4. The molecule has 0 atom stereocenters. The van der Waals surface area contributed by atoms with Crippen LogP contribution >= 0.6 is 11.6 Å². The van der Waals surface area contributed by atoms with Gasteiger partial charge < -0.3 is 5.32 Å². The Kier molecular flexibility index (Phi) is 4.79. The number of nitrogens with zero attached hydrogens (tertiary/aromatic N) is 3. The van der Waals surface area contributed by atoms with Crippen molar-refractivity contribution < 1.29 is 0 Å². The maximum Gasteiger partial charge on any atom is 0.147 e. The fraction of sp³-hybridized carbons (Fsp3) is 0.556. The summed E-state index contributed by atoms with van der Waals surface area (Å²) >= 11 is 5.63. The molecule has 0 saturated carbocycles. The van der Waals surface area contributed by atoms with Gasteiger partial charge in [0.05, 0.1) is 18.1 Å². The van der Waals surface area contributed by atoms with Crippen molar-refractivity contribution in [2.24, 2.45) is 0 Å². The summed E-state index contributed by atoms with van der Waals surface area (Å²) in [7, 11) is 3.99. The molecule has 0 radical (unpaired) electrons. The van der Waals surface area contributed by atoms with E-state index in [4.69, 9.17) is 11.6 Å². The Labute approximate surface area is 89.3 Å². The largest absolute Gasteiger partial charge is 0.318 e. The molecule has 4 nitrogen and oxygen atoms in total. The molecule has 1 N–H and O–H groups in total. The molecule has 1 aromatic heterocycles. The van der Waals surface area contributed by atoms with E-state index in [-0.39, 0.29) is 0 Å². The van der Waals surface area contributed by atoms with E-state index < -0.39 is 0 Å². The lowest BCUT2D eigenvalue weighted by Crippen LogP contribution is -2.27.